The van der Waals surface area contributed by atoms with Gasteiger partial charge in [-0.05, 0) is 107 Å². The lowest BCUT2D eigenvalue weighted by Crippen LogP contribution is -2.09. The number of furan rings is 1. The fraction of sp³-hybridized carbons (Fsp3) is 0. The first-order chi connectivity index (χ1) is 27.7. The smallest absolute Gasteiger partial charge is 0.137 e. The van der Waals surface area contributed by atoms with E-state index < -0.39 is 0 Å². The van der Waals surface area contributed by atoms with Crippen molar-refractivity contribution in [2.75, 3.05) is 4.90 Å². The number of nitrogens with zero attached hydrogens (tertiary/aromatic N) is 2. The molecule has 0 aliphatic rings. The maximum atomic E-state index is 6.38. The average Bonchev–Trinajstić information content (AvgIpc) is 3.92. The molecular weight excluding hydrogens is 701 g/mol. The van der Waals surface area contributed by atoms with Gasteiger partial charge in [-0.3, -0.25) is 0 Å². The second-order valence-electron chi connectivity index (χ2n) is 14.6. The fourth-order valence-corrected chi connectivity index (χ4v) is 9.78. The van der Waals surface area contributed by atoms with Gasteiger partial charge in [0.1, 0.15) is 11.2 Å². The molecule has 0 bridgehead atoms. The molecule has 0 N–H and O–H groups in total. The Labute approximate surface area is 326 Å². The Balaban J connectivity index is 0.950. The summed E-state index contributed by atoms with van der Waals surface area (Å²) in [5, 5.41) is 9.86. The van der Waals surface area contributed by atoms with Gasteiger partial charge < -0.3 is 13.9 Å². The van der Waals surface area contributed by atoms with Gasteiger partial charge in [0.05, 0.1) is 11.0 Å². The van der Waals surface area contributed by atoms with Gasteiger partial charge in [-0.2, -0.15) is 0 Å². The van der Waals surface area contributed by atoms with E-state index in [2.05, 4.69) is 191 Å². The van der Waals surface area contributed by atoms with Crippen molar-refractivity contribution in [2.24, 2.45) is 0 Å². The fourth-order valence-electron chi connectivity index (χ4n) is 8.69. The van der Waals surface area contributed by atoms with E-state index in [4.69, 9.17) is 4.42 Å². The Morgan fingerprint density at radius 1 is 0.375 bits per heavy atom. The van der Waals surface area contributed by atoms with Crippen LogP contribution in [0.25, 0.3) is 91.5 Å². The number of para-hydroxylation sites is 2. The second-order valence-corrected chi connectivity index (χ2v) is 15.6. The van der Waals surface area contributed by atoms with Crippen molar-refractivity contribution in [1.82, 2.24) is 4.57 Å². The molecule has 0 aliphatic carbocycles. The number of benzene rings is 9. The van der Waals surface area contributed by atoms with Gasteiger partial charge in [-0.1, -0.05) is 103 Å². The van der Waals surface area contributed by atoms with E-state index in [1.54, 1.807) is 0 Å². The Kier molecular flexibility index (Phi) is 6.80. The van der Waals surface area contributed by atoms with Gasteiger partial charge in [0.25, 0.3) is 0 Å². The lowest BCUT2D eigenvalue weighted by atomic mass is 10.0. The largest absolute Gasteiger partial charge is 0.456 e. The van der Waals surface area contributed by atoms with Crippen molar-refractivity contribution in [1.29, 1.82) is 0 Å². The topological polar surface area (TPSA) is 21.3 Å². The summed E-state index contributed by atoms with van der Waals surface area (Å²) in [6.07, 6.45) is 0. The molecule has 12 aromatic rings. The molecule has 0 saturated heterocycles. The molecule has 3 nitrogen and oxygen atoms in total. The van der Waals surface area contributed by atoms with Crippen LogP contribution in [0.2, 0.25) is 0 Å². The number of hydrogen-bond acceptors (Lipinski definition) is 3. The van der Waals surface area contributed by atoms with Crippen LogP contribution in [0.1, 0.15) is 0 Å². The minimum atomic E-state index is 0.879. The maximum absolute atomic E-state index is 6.38. The summed E-state index contributed by atoms with van der Waals surface area (Å²) in [5.41, 5.74) is 10.9. The van der Waals surface area contributed by atoms with Crippen LogP contribution in [-0.4, -0.2) is 4.57 Å². The predicted octanol–water partition coefficient (Wildman–Crippen LogP) is 15.3. The molecule has 0 amide bonds. The third-order valence-electron chi connectivity index (χ3n) is 11.4. The van der Waals surface area contributed by atoms with Gasteiger partial charge in [-0.25, -0.2) is 0 Å². The molecule has 56 heavy (non-hydrogen) atoms. The molecule has 0 fully saturated rings. The van der Waals surface area contributed by atoms with E-state index in [9.17, 15) is 0 Å². The lowest BCUT2D eigenvalue weighted by molar-refractivity contribution is 0.669. The van der Waals surface area contributed by atoms with Crippen LogP contribution in [-0.2, 0) is 0 Å². The molecule has 0 saturated carbocycles. The summed E-state index contributed by atoms with van der Waals surface area (Å²) in [6, 6.07) is 70.3. The predicted molar refractivity (Wildman–Crippen MR) is 239 cm³/mol. The number of hydrogen-bond donors (Lipinski definition) is 0. The van der Waals surface area contributed by atoms with Crippen LogP contribution in [0.15, 0.2) is 199 Å². The Bertz CT molecular complexity index is 3480. The first-order valence-electron chi connectivity index (χ1n) is 19.0. The van der Waals surface area contributed by atoms with Crippen LogP contribution in [0.5, 0.6) is 0 Å². The van der Waals surface area contributed by atoms with Crippen LogP contribution >= 0.6 is 11.3 Å². The van der Waals surface area contributed by atoms with E-state index in [0.29, 0.717) is 0 Å². The highest BCUT2D eigenvalue weighted by Gasteiger charge is 2.18. The molecule has 12 rings (SSSR count). The second kappa shape index (κ2) is 12.2. The summed E-state index contributed by atoms with van der Waals surface area (Å²) < 4.78 is 11.4. The van der Waals surface area contributed by atoms with Gasteiger partial charge in [0, 0.05) is 70.5 Å². The molecule has 0 unspecified atom stereocenters. The third-order valence-corrected chi connectivity index (χ3v) is 12.5. The molecular formula is C52H32N2OS. The molecule has 3 heterocycles. The molecule has 4 heteroatoms. The number of rotatable bonds is 5. The third kappa shape index (κ3) is 4.83. The quantitative estimate of drug-likeness (QED) is 0.176. The zero-order chi connectivity index (χ0) is 36.7. The van der Waals surface area contributed by atoms with Crippen LogP contribution in [0.4, 0.5) is 17.1 Å². The summed E-state index contributed by atoms with van der Waals surface area (Å²) in [6.45, 7) is 0. The Morgan fingerprint density at radius 3 is 1.82 bits per heavy atom. The zero-order valence-corrected chi connectivity index (χ0v) is 31.0. The van der Waals surface area contributed by atoms with E-state index in [0.717, 1.165) is 44.7 Å². The molecule has 3 aromatic heterocycles. The van der Waals surface area contributed by atoms with E-state index in [1.165, 1.54) is 63.9 Å². The Morgan fingerprint density at radius 2 is 0.982 bits per heavy atom. The van der Waals surface area contributed by atoms with Crippen molar-refractivity contribution in [3.63, 3.8) is 0 Å². The molecule has 0 spiro atoms. The zero-order valence-electron chi connectivity index (χ0n) is 30.2. The van der Waals surface area contributed by atoms with Crippen molar-refractivity contribution in [3.8, 4) is 16.8 Å². The first-order valence-corrected chi connectivity index (χ1v) is 19.8. The molecule has 262 valence electrons. The summed E-state index contributed by atoms with van der Waals surface area (Å²) in [4.78, 5) is 2.34. The summed E-state index contributed by atoms with van der Waals surface area (Å²) in [7, 11) is 0. The lowest BCUT2D eigenvalue weighted by Gasteiger charge is -2.26. The minimum absolute atomic E-state index is 0.879. The summed E-state index contributed by atoms with van der Waals surface area (Å²) >= 11 is 1.84. The number of anilines is 3. The van der Waals surface area contributed by atoms with Crippen LogP contribution in [0.3, 0.4) is 0 Å². The van der Waals surface area contributed by atoms with Crippen molar-refractivity contribution >= 4 is 103 Å². The number of thiophene rings is 1. The van der Waals surface area contributed by atoms with Gasteiger partial charge in [-0.15, -0.1) is 11.3 Å². The van der Waals surface area contributed by atoms with E-state index in [-0.39, 0.29) is 0 Å². The van der Waals surface area contributed by atoms with E-state index in [1.807, 2.05) is 23.5 Å². The Hall–Kier alpha value is -7.14. The van der Waals surface area contributed by atoms with Crippen molar-refractivity contribution in [3.05, 3.63) is 194 Å². The van der Waals surface area contributed by atoms with Crippen molar-refractivity contribution in [2.45, 2.75) is 0 Å². The highest BCUT2D eigenvalue weighted by Crippen LogP contribution is 2.43. The summed E-state index contributed by atoms with van der Waals surface area (Å²) in [5.74, 6) is 0. The first kappa shape index (κ1) is 31.2. The number of aromatic nitrogens is 1. The maximum Gasteiger partial charge on any atom is 0.137 e. The van der Waals surface area contributed by atoms with Gasteiger partial charge in [0.15, 0.2) is 0 Å². The molecule has 0 radical (unpaired) electrons. The van der Waals surface area contributed by atoms with Crippen LogP contribution < -0.4 is 4.90 Å². The van der Waals surface area contributed by atoms with Crippen LogP contribution in [0, 0.1) is 0 Å². The molecule has 0 aliphatic heterocycles. The number of fused-ring (bicyclic) bond motifs is 10. The van der Waals surface area contributed by atoms with Gasteiger partial charge >= 0.3 is 0 Å². The molecule has 0 atom stereocenters. The standard InChI is InChI=1S/C52H32N2OS/c1-2-10-36-30-48-45(29-35(36)9-1)41-11-3-6-14-47(41)54(48)38-23-19-34(20-24-38)33-17-21-37(22-18-33)53(39-26-28-52-46(31-39)44-13-5-8-16-51(44)56-52)40-25-27-43-42-12-4-7-15-49(42)55-50(43)32-40/h1-32H. The van der Waals surface area contributed by atoms with Crippen molar-refractivity contribution < 1.29 is 4.42 Å². The highest BCUT2D eigenvalue weighted by atomic mass is 32.1. The normalized spacial score (nSPS) is 11.9. The monoisotopic (exact) mass is 732 g/mol. The van der Waals surface area contributed by atoms with E-state index >= 15 is 0 Å². The highest BCUT2D eigenvalue weighted by molar-refractivity contribution is 7.25. The van der Waals surface area contributed by atoms with Gasteiger partial charge in [0.2, 0.25) is 0 Å². The SMILES string of the molecule is c1ccc2cc3c(cc2c1)c1ccccc1n3-c1ccc(-c2ccc(N(c3ccc4c(c3)oc3ccccc34)c3ccc4sc5ccccc5c4c3)cc2)cc1. The average molecular weight is 733 g/mol. The minimum Gasteiger partial charge on any atom is -0.456 e. The molecule has 9 aromatic carbocycles.